The van der Waals surface area contributed by atoms with Gasteiger partial charge < -0.3 is 0 Å². The maximum Gasteiger partial charge on any atom is 0.271 e. The lowest BCUT2D eigenvalue weighted by atomic mass is 10.0. The van der Waals surface area contributed by atoms with E-state index < -0.39 is 0 Å². The van der Waals surface area contributed by atoms with Crippen LogP contribution in [-0.2, 0) is 0 Å². The highest BCUT2D eigenvalue weighted by atomic mass is 19.1. The molecule has 0 aliphatic heterocycles. The zero-order valence-corrected chi connectivity index (χ0v) is 16.9. The number of nitrogens with one attached hydrogen (secondary N) is 1. The molecule has 4 nitrogen and oxygen atoms in total. The first-order chi connectivity index (χ1) is 15.1. The van der Waals surface area contributed by atoms with Gasteiger partial charge in [-0.2, -0.15) is 5.10 Å². The van der Waals surface area contributed by atoms with Crippen LogP contribution in [0.15, 0.2) is 102 Å². The van der Waals surface area contributed by atoms with Gasteiger partial charge in [0.1, 0.15) is 5.82 Å². The number of benzene rings is 3. The number of hydrogen-bond donors (Lipinski definition) is 1. The van der Waals surface area contributed by atoms with Crippen LogP contribution in [-0.4, -0.2) is 16.6 Å². The molecule has 1 heterocycles. The number of halogens is 1. The zero-order valence-electron chi connectivity index (χ0n) is 16.9. The molecule has 152 valence electrons. The summed E-state index contributed by atoms with van der Waals surface area (Å²) >= 11 is 0. The molecular weight excluding hydrogens is 389 g/mol. The van der Waals surface area contributed by atoms with Crippen molar-refractivity contribution >= 4 is 11.6 Å². The Morgan fingerprint density at radius 3 is 1.94 bits per heavy atom. The fraction of sp³-hybridized carbons (Fsp3) is 0.0385. The van der Waals surface area contributed by atoms with E-state index in [2.05, 4.69) is 10.5 Å². The molecule has 1 amide bonds. The molecule has 0 atom stereocenters. The van der Waals surface area contributed by atoms with Gasteiger partial charge in [0.25, 0.3) is 5.91 Å². The van der Waals surface area contributed by atoms with Crippen LogP contribution in [0.25, 0.3) is 22.5 Å². The van der Waals surface area contributed by atoms with Gasteiger partial charge in [-0.25, -0.2) is 14.8 Å². The number of hydrogen-bond acceptors (Lipinski definition) is 3. The summed E-state index contributed by atoms with van der Waals surface area (Å²) < 4.78 is 13.4. The fourth-order valence-corrected chi connectivity index (χ4v) is 3.13. The molecule has 0 aliphatic carbocycles. The van der Waals surface area contributed by atoms with Crippen LogP contribution in [0.2, 0.25) is 0 Å². The van der Waals surface area contributed by atoms with Gasteiger partial charge in [-0.15, -0.1) is 0 Å². The summed E-state index contributed by atoms with van der Waals surface area (Å²) in [6.45, 7) is 1.83. The maximum atomic E-state index is 13.4. The van der Waals surface area contributed by atoms with Crippen LogP contribution < -0.4 is 5.43 Å². The van der Waals surface area contributed by atoms with E-state index in [0.29, 0.717) is 22.7 Å². The topological polar surface area (TPSA) is 54.4 Å². The number of aromatic nitrogens is 1. The summed E-state index contributed by atoms with van der Waals surface area (Å²) in [5, 5.41) is 4.23. The number of rotatable bonds is 5. The molecule has 0 unspecified atom stereocenters. The van der Waals surface area contributed by atoms with Crippen molar-refractivity contribution in [1.29, 1.82) is 0 Å². The molecule has 0 fully saturated rings. The summed E-state index contributed by atoms with van der Waals surface area (Å²) in [7, 11) is 0. The Bertz CT molecular complexity index is 1220. The summed E-state index contributed by atoms with van der Waals surface area (Å²) in [5.41, 5.74) is 7.49. The van der Waals surface area contributed by atoms with Crippen molar-refractivity contribution in [3.05, 3.63) is 114 Å². The van der Waals surface area contributed by atoms with Crippen molar-refractivity contribution in [2.24, 2.45) is 5.10 Å². The predicted molar refractivity (Wildman–Crippen MR) is 121 cm³/mol. The highest BCUT2D eigenvalue weighted by molar-refractivity contribution is 6.01. The van der Waals surface area contributed by atoms with E-state index in [1.54, 1.807) is 24.3 Å². The van der Waals surface area contributed by atoms with Crippen LogP contribution >= 0.6 is 0 Å². The lowest BCUT2D eigenvalue weighted by Gasteiger charge is -2.09. The lowest BCUT2D eigenvalue weighted by Crippen LogP contribution is -2.19. The quantitative estimate of drug-likeness (QED) is 0.339. The number of hydrazone groups is 1. The minimum Gasteiger partial charge on any atom is -0.267 e. The van der Waals surface area contributed by atoms with Crippen LogP contribution in [0.1, 0.15) is 22.8 Å². The second-order valence-electron chi connectivity index (χ2n) is 7.00. The smallest absolute Gasteiger partial charge is 0.267 e. The normalized spacial score (nSPS) is 11.2. The third-order valence-corrected chi connectivity index (χ3v) is 4.81. The molecule has 1 aromatic heterocycles. The van der Waals surface area contributed by atoms with E-state index in [4.69, 9.17) is 4.98 Å². The van der Waals surface area contributed by atoms with Gasteiger partial charge in [0.15, 0.2) is 0 Å². The Balaban J connectivity index is 1.69. The zero-order chi connectivity index (χ0) is 21.6. The molecule has 3 aromatic carbocycles. The van der Waals surface area contributed by atoms with Gasteiger partial charge in [0.05, 0.1) is 17.1 Å². The van der Waals surface area contributed by atoms with Crippen molar-refractivity contribution in [2.45, 2.75) is 6.92 Å². The molecule has 4 aromatic rings. The monoisotopic (exact) mass is 409 g/mol. The molecule has 0 saturated heterocycles. The van der Waals surface area contributed by atoms with Crippen LogP contribution in [0.3, 0.4) is 0 Å². The molecule has 4 rings (SSSR count). The van der Waals surface area contributed by atoms with Gasteiger partial charge in [0.2, 0.25) is 0 Å². The first-order valence-corrected chi connectivity index (χ1v) is 9.83. The third-order valence-electron chi connectivity index (χ3n) is 4.81. The van der Waals surface area contributed by atoms with Crippen molar-refractivity contribution in [2.75, 3.05) is 0 Å². The van der Waals surface area contributed by atoms with Gasteiger partial charge in [-0.1, -0.05) is 60.7 Å². The summed E-state index contributed by atoms with van der Waals surface area (Å²) in [6, 6.07) is 28.7. The van der Waals surface area contributed by atoms with Gasteiger partial charge in [0, 0.05) is 16.7 Å². The number of amides is 1. The van der Waals surface area contributed by atoms with Gasteiger partial charge in [-0.3, -0.25) is 4.79 Å². The third kappa shape index (κ3) is 4.90. The largest absolute Gasteiger partial charge is 0.271 e. The summed E-state index contributed by atoms with van der Waals surface area (Å²) in [6.07, 6.45) is 0. The molecular formula is C26H20FN3O. The highest BCUT2D eigenvalue weighted by Gasteiger charge is 2.12. The Labute approximate surface area is 180 Å². The minimum atomic E-state index is -0.349. The maximum absolute atomic E-state index is 13.4. The number of carbonyl (C=O) groups excluding carboxylic acids is 1. The average Bonchev–Trinajstić information content (AvgIpc) is 2.83. The van der Waals surface area contributed by atoms with Crippen molar-refractivity contribution in [3.8, 4) is 22.5 Å². The van der Waals surface area contributed by atoms with Gasteiger partial charge in [-0.05, 0) is 48.9 Å². The Kier molecular flexibility index (Phi) is 5.94. The second-order valence-corrected chi connectivity index (χ2v) is 7.00. The standard InChI is InChI=1S/C26H20FN3O/c1-18(19-8-4-2-5-9-19)29-30-26(31)22-16-24(20-10-6-3-7-11-20)28-25(17-22)21-12-14-23(27)15-13-21/h2-17H,1H3,(H,30,31)/b29-18+. The number of nitrogens with zero attached hydrogens (tertiary/aromatic N) is 2. The van der Waals surface area contributed by atoms with Crippen LogP contribution in [0.4, 0.5) is 4.39 Å². The van der Waals surface area contributed by atoms with E-state index in [0.717, 1.165) is 16.7 Å². The summed E-state index contributed by atoms with van der Waals surface area (Å²) in [5.74, 6) is -0.676. The Morgan fingerprint density at radius 1 is 0.774 bits per heavy atom. The van der Waals surface area contributed by atoms with Crippen LogP contribution in [0, 0.1) is 5.82 Å². The van der Waals surface area contributed by atoms with E-state index >= 15 is 0 Å². The molecule has 5 heteroatoms. The molecule has 1 N–H and O–H groups in total. The van der Waals surface area contributed by atoms with Gasteiger partial charge >= 0.3 is 0 Å². The van der Waals surface area contributed by atoms with Crippen molar-refractivity contribution in [1.82, 2.24) is 10.4 Å². The van der Waals surface area contributed by atoms with E-state index in [1.807, 2.05) is 67.6 Å². The van der Waals surface area contributed by atoms with Crippen LogP contribution in [0.5, 0.6) is 0 Å². The van der Waals surface area contributed by atoms with E-state index in [9.17, 15) is 9.18 Å². The first-order valence-electron chi connectivity index (χ1n) is 9.83. The molecule has 0 saturated carbocycles. The minimum absolute atomic E-state index is 0.327. The Hall–Kier alpha value is -4.12. The summed E-state index contributed by atoms with van der Waals surface area (Å²) in [4.78, 5) is 17.6. The first kappa shape index (κ1) is 20.2. The molecule has 0 spiro atoms. The number of pyridine rings is 1. The SMILES string of the molecule is C/C(=N\NC(=O)c1cc(-c2ccccc2)nc(-c2ccc(F)cc2)c1)c1ccccc1. The molecule has 0 radical (unpaired) electrons. The molecule has 31 heavy (non-hydrogen) atoms. The second kappa shape index (κ2) is 9.13. The predicted octanol–water partition coefficient (Wildman–Crippen LogP) is 5.71. The fourth-order valence-electron chi connectivity index (χ4n) is 3.13. The lowest BCUT2D eigenvalue weighted by molar-refractivity contribution is 0.0955. The average molecular weight is 409 g/mol. The van der Waals surface area contributed by atoms with E-state index in [-0.39, 0.29) is 11.7 Å². The molecule has 0 aliphatic rings. The highest BCUT2D eigenvalue weighted by Crippen LogP contribution is 2.25. The van der Waals surface area contributed by atoms with E-state index in [1.165, 1.54) is 12.1 Å². The Morgan fingerprint density at radius 2 is 1.32 bits per heavy atom. The van der Waals surface area contributed by atoms with Crippen molar-refractivity contribution < 1.29 is 9.18 Å². The van der Waals surface area contributed by atoms with Crippen molar-refractivity contribution in [3.63, 3.8) is 0 Å². The molecule has 0 bridgehead atoms. The number of carbonyl (C=O) groups is 1.